The Balaban J connectivity index is 1.57. The number of nitrogens with zero attached hydrogens (tertiary/aromatic N) is 2. The van der Waals surface area contributed by atoms with E-state index in [9.17, 15) is 4.79 Å². The van der Waals surface area contributed by atoms with Gasteiger partial charge >= 0.3 is 5.97 Å². The second-order valence-electron chi connectivity index (χ2n) is 6.26. The normalized spacial score (nSPS) is 24.5. The van der Waals surface area contributed by atoms with Gasteiger partial charge in [-0.3, -0.25) is 9.80 Å². The average molecular weight is 292 g/mol. The van der Waals surface area contributed by atoms with Crippen LogP contribution in [-0.4, -0.2) is 53.1 Å². The number of rotatable bonds is 4. The van der Waals surface area contributed by atoms with E-state index in [1.807, 2.05) is 0 Å². The molecule has 5 nitrogen and oxygen atoms in total. The maximum atomic E-state index is 11.1. The zero-order chi connectivity index (χ0) is 14.8. The first kappa shape index (κ1) is 14.6. The van der Waals surface area contributed by atoms with Gasteiger partial charge in [0.1, 0.15) is 17.1 Å². The fourth-order valence-electron chi connectivity index (χ4n) is 3.59. The van der Waals surface area contributed by atoms with Crippen LogP contribution in [0.1, 0.15) is 47.6 Å². The van der Waals surface area contributed by atoms with E-state index in [4.69, 9.17) is 9.52 Å². The number of aryl methyl sites for hydroxylation is 1. The summed E-state index contributed by atoms with van der Waals surface area (Å²) in [5, 5.41) is 9.07. The Labute approximate surface area is 125 Å². The summed E-state index contributed by atoms with van der Waals surface area (Å²) in [5.74, 6) is 0.364. The van der Waals surface area contributed by atoms with Gasteiger partial charge in [0, 0.05) is 19.1 Å². The van der Waals surface area contributed by atoms with Crippen molar-refractivity contribution >= 4 is 5.97 Å². The molecule has 0 spiro atoms. The van der Waals surface area contributed by atoms with E-state index in [0.717, 1.165) is 25.4 Å². The smallest absolute Gasteiger partial charge is 0.339 e. The Morgan fingerprint density at radius 2 is 2.10 bits per heavy atom. The lowest BCUT2D eigenvalue weighted by Gasteiger charge is -2.32. The summed E-state index contributed by atoms with van der Waals surface area (Å²) in [6.07, 6.45) is 5.24. The van der Waals surface area contributed by atoms with Crippen molar-refractivity contribution in [2.45, 2.75) is 45.2 Å². The molecule has 21 heavy (non-hydrogen) atoms. The number of carboxylic acid groups (broad SMARTS) is 1. The fraction of sp³-hybridized carbons (Fsp3) is 0.688. The number of carboxylic acids is 1. The van der Waals surface area contributed by atoms with Crippen molar-refractivity contribution in [1.29, 1.82) is 0 Å². The maximum absolute atomic E-state index is 11.1. The Hall–Kier alpha value is -1.33. The molecule has 5 heteroatoms. The quantitative estimate of drug-likeness (QED) is 0.923. The van der Waals surface area contributed by atoms with Gasteiger partial charge < -0.3 is 9.52 Å². The third-order valence-electron chi connectivity index (χ3n) is 4.73. The zero-order valence-corrected chi connectivity index (χ0v) is 12.7. The summed E-state index contributed by atoms with van der Waals surface area (Å²) in [6.45, 7) is 7.06. The highest BCUT2D eigenvalue weighted by molar-refractivity contribution is 5.88. The molecular weight excluding hydrogens is 268 g/mol. The summed E-state index contributed by atoms with van der Waals surface area (Å²) in [5.41, 5.74) is 0.289. The molecule has 3 rings (SSSR count). The third kappa shape index (κ3) is 3.30. The van der Waals surface area contributed by atoms with Gasteiger partial charge in [-0.15, -0.1) is 0 Å². The van der Waals surface area contributed by atoms with Crippen LogP contribution in [-0.2, 0) is 6.54 Å². The monoisotopic (exact) mass is 292 g/mol. The molecular formula is C16H24N2O3. The van der Waals surface area contributed by atoms with Gasteiger partial charge in [0.05, 0.1) is 6.54 Å². The van der Waals surface area contributed by atoms with Crippen molar-refractivity contribution in [2.75, 3.05) is 26.2 Å². The van der Waals surface area contributed by atoms with Crippen molar-refractivity contribution in [3.8, 4) is 0 Å². The second-order valence-corrected chi connectivity index (χ2v) is 6.26. The lowest BCUT2D eigenvalue weighted by atomic mass is 10.1. The molecule has 0 bridgehead atoms. The number of aromatic carboxylic acids is 1. The van der Waals surface area contributed by atoms with Gasteiger partial charge in [0.25, 0.3) is 0 Å². The van der Waals surface area contributed by atoms with Gasteiger partial charge in [0.15, 0.2) is 0 Å². The average Bonchev–Trinajstić information content (AvgIpc) is 3.07. The predicted molar refractivity (Wildman–Crippen MR) is 79.5 cm³/mol. The second kappa shape index (κ2) is 6.20. The van der Waals surface area contributed by atoms with Gasteiger partial charge in [-0.25, -0.2) is 4.79 Å². The van der Waals surface area contributed by atoms with Crippen molar-refractivity contribution in [3.63, 3.8) is 0 Å². The molecule has 2 saturated heterocycles. The summed E-state index contributed by atoms with van der Waals surface area (Å²) >= 11 is 0. The first-order valence-corrected chi connectivity index (χ1v) is 7.92. The fourth-order valence-corrected chi connectivity index (χ4v) is 3.59. The number of carbonyl (C=O) groups is 1. The largest absolute Gasteiger partial charge is 0.478 e. The molecule has 1 aromatic rings. The Morgan fingerprint density at radius 1 is 1.33 bits per heavy atom. The Morgan fingerprint density at radius 3 is 2.76 bits per heavy atom. The van der Waals surface area contributed by atoms with Gasteiger partial charge in [-0.1, -0.05) is 6.42 Å². The highest BCUT2D eigenvalue weighted by Crippen LogP contribution is 2.23. The van der Waals surface area contributed by atoms with Crippen LogP contribution in [0.5, 0.6) is 0 Å². The van der Waals surface area contributed by atoms with Crippen LogP contribution in [0, 0.1) is 6.92 Å². The van der Waals surface area contributed by atoms with Crippen LogP contribution in [0.2, 0.25) is 0 Å². The topological polar surface area (TPSA) is 56.9 Å². The molecule has 0 radical (unpaired) electrons. The Kier molecular flexibility index (Phi) is 4.31. The molecule has 1 unspecified atom stereocenters. The van der Waals surface area contributed by atoms with E-state index in [2.05, 4.69) is 9.80 Å². The molecule has 1 atom stereocenters. The van der Waals surface area contributed by atoms with Crippen LogP contribution in [0.25, 0.3) is 0 Å². The van der Waals surface area contributed by atoms with Crippen molar-refractivity contribution < 1.29 is 14.3 Å². The Bertz CT molecular complexity index is 506. The standard InChI is InChI=1S/C16H24N2O3/c1-12-15(16(19)20)9-14(21-12)11-17-8-5-13(10-17)18-6-3-2-4-7-18/h9,13H,2-8,10-11H2,1H3,(H,19,20). The minimum atomic E-state index is -0.907. The molecule has 2 aliphatic heterocycles. The molecule has 0 aliphatic carbocycles. The van der Waals surface area contributed by atoms with Gasteiger partial charge in [-0.05, 0) is 45.3 Å². The molecule has 3 heterocycles. The van der Waals surface area contributed by atoms with E-state index < -0.39 is 5.97 Å². The van der Waals surface area contributed by atoms with E-state index in [1.54, 1.807) is 13.0 Å². The zero-order valence-electron chi connectivity index (χ0n) is 12.7. The van der Waals surface area contributed by atoms with Crippen LogP contribution < -0.4 is 0 Å². The lowest BCUT2D eigenvalue weighted by molar-refractivity contribution is 0.0695. The van der Waals surface area contributed by atoms with Crippen LogP contribution in [0.15, 0.2) is 10.5 Å². The minimum absolute atomic E-state index is 0.289. The number of hydrogen-bond acceptors (Lipinski definition) is 4. The summed E-state index contributed by atoms with van der Waals surface area (Å²) in [7, 11) is 0. The first-order valence-electron chi connectivity index (χ1n) is 7.92. The molecule has 0 amide bonds. The first-order chi connectivity index (χ1) is 10.1. The number of piperidine rings is 1. The van der Waals surface area contributed by atoms with Crippen LogP contribution in [0.3, 0.4) is 0 Å². The summed E-state index contributed by atoms with van der Waals surface area (Å²) < 4.78 is 5.58. The predicted octanol–water partition coefficient (Wildman–Crippen LogP) is 2.35. The third-order valence-corrected chi connectivity index (χ3v) is 4.73. The maximum Gasteiger partial charge on any atom is 0.339 e. The van der Waals surface area contributed by atoms with Crippen molar-refractivity contribution in [1.82, 2.24) is 9.80 Å². The summed E-state index contributed by atoms with van der Waals surface area (Å²) in [6, 6.07) is 2.34. The SMILES string of the molecule is Cc1oc(CN2CCC(N3CCCCC3)C2)cc1C(=O)O. The highest BCUT2D eigenvalue weighted by Gasteiger charge is 2.29. The minimum Gasteiger partial charge on any atom is -0.478 e. The van der Waals surface area contributed by atoms with Crippen molar-refractivity contribution in [3.05, 3.63) is 23.2 Å². The van der Waals surface area contributed by atoms with E-state index in [1.165, 1.54) is 38.8 Å². The van der Waals surface area contributed by atoms with E-state index in [0.29, 0.717) is 11.8 Å². The molecule has 116 valence electrons. The molecule has 1 N–H and O–H groups in total. The highest BCUT2D eigenvalue weighted by atomic mass is 16.4. The number of furan rings is 1. The number of likely N-dealkylation sites (tertiary alicyclic amines) is 2. The number of hydrogen-bond donors (Lipinski definition) is 1. The van der Waals surface area contributed by atoms with Crippen molar-refractivity contribution in [2.24, 2.45) is 0 Å². The van der Waals surface area contributed by atoms with Gasteiger partial charge in [-0.2, -0.15) is 0 Å². The molecule has 1 aromatic heterocycles. The molecule has 0 aromatic carbocycles. The van der Waals surface area contributed by atoms with E-state index >= 15 is 0 Å². The summed E-state index contributed by atoms with van der Waals surface area (Å²) in [4.78, 5) is 16.1. The lowest BCUT2D eigenvalue weighted by Crippen LogP contribution is -2.40. The molecule has 2 aliphatic rings. The van der Waals surface area contributed by atoms with Crippen LogP contribution >= 0.6 is 0 Å². The molecule has 0 saturated carbocycles. The molecule has 2 fully saturated rings. The van der Waals surface area contributed by atoms with Gasteiger partial charge in [0.2, 0.25) is 0 Å². The van der Waals surface area contributed by atoms with E-state index in [-0.39, 0.29) is 5.56 Å². The van der Waals surface area contributed by atoms with Crippen LogP contribution in [0.4, 0.5) is 0 Å².